The fraction of sp³-hybridized carbons (Fsp3) is 0.222. The van der Waals surface area contributed by atoms with E-state index in [0.717, 1.165) is 35.5 Å². The molecule has 0 spiro atoms. The topological polar surface area (TPSA) is 58.6 Å². The molecule has 0 heterocycles. The molecule has 144 valence electrons. The highest BCUT2D eigenvalue weighted by molar-refractivity contribution is 7.89. The molecular weight excluding hydrogens is 381 g/mol. The minimum atomic E-state index is -4.84. The Hall–Kier alpha value is -2.70. The zero-order valence-corrected chi connectivity index (χ0v) is 15.4. The quantitative estimate of drug-likeness (QED) is 0.787. The summed E-state index contributed by atoms with van der Waals surface area (Å²) >= 11 is 0. The minimum absolute atomic E-state index is 0.148. The second kappa shape index (κ2) is 8.33. The number of benzene rings is 2. The summed E-state index contributed by atoms with van der Waals surface area (Å²) in [6, 6.07) is 11.3. The van der Waals surface area contributed by atoms with Gasteiger partial charge in [0.1, 0.15) is 5.75 Å². The summed E-state index contributed by atoms with van der Waals surface area (Å²) < 4.78 is 66.7. The SMILES string of the molecule is CN(C)c1ccccc1C#CCNS(=O)(=O)c1ccc(OC(F)(F)F)cc1. The highest BCUT2D eigenvalue weighted by atomic mass is 32.2. The van der Waals surface area contributed by atoms with Crippen LogP contribution in [0.15, 0.2) is 53.4 Å². The minimum Gasteiger partial charge on any atom is -0.406 e. The van der Waals surface area contributed by atoms with E-state index >= 15 is 0 Å². The number of hydrogen-bond donors (Lipinski definition) is 1. The summed E-state index contributed by atoms with van der Waals surface area (Å²) in [6.07, 6.45) is -4.84. The molecule has 0 amide bonds. The highest BCUT2D eigenvalue weighted by Crippen LogP contribution is 2.23. The molecule has 0 unspecified atom stereocenters. The summed E-state index contributed by atoms with van der Waals surface area (Å²) in [5.74, 6) is 5.12. The van der Waals surface area contributed by atoms with Crippen molar-refractivity contribution in [3.05, 3.63) is 54.1 Å². The number of ether oxygens (including phenoxy) is 1. The van der Waals surface area contributed by atoms with Crippen LogP contribution in [0, 0.1) is 11.8 Å². The van der Waals surface area contributed by atoms with Gasteiger partial charge in [-0.3, -0.25) is 0 Å². The van der Waals surface area contributed by atoms with Gasteiger partial charge in [0, 0.05) is 19.7 Å². The van der Waals surface area contributed by atoms with Gasteiger partial charge in [-0.05, 0) is 36.4 Å². The molecule has 0 aliphatic rings. The molecule has 0 atom stereocenters. The number of halogens is 3. The van der Waals surface area contributed by atoms with Crippen LogP contribution >= 0.6 is 0 Å². The van der Waals surface area contributed by atoms with Gasteiger partial charge in [0.15, 0.2) is 0 Å². The van der Waals surface area contributed by atoms with Gasteiger partial charge < -0.3 is 9.64 Å². The number of alkyl halides is 3. The van der Waals surface area contributed by atoms with Crippen molar-refractivity contribution < 1.29 is 26.3 Å². The average Bonchev–Trinajstić information content (AvgIpc) is 2.58. The molecule has 0 aromatic heterocycles. The van der Waals surface area contributed by atoms with E-state index in [1.807, 2.05) is 43.3 Å². The van der Waals surface area contributed by atoms with Crippen molar-refractivity contribution in [2.45, 2.75) is 11.3 Å². The number of sulfonamides is 1. The largest absolute Gasteiger partial charge is 0.573 e. The Morgan fingerprint density at radius 2 is 1.70 bits per heavy atom. The first-order chi connectivity index (χ1) is 12.6. The van der Waals surface area contributed by atoms with Crippen LogP contribution in [-0.4, -0.2) is 35.4 Å². The van der Waals surface area contributed by atoms with Crippen molar-refractivity contribution in [2.75, 3.05) is 25.5 Å². The number of rotatable bonds is 5. The van der Waals surface area contributed by atoms with E-state index in [1.54, 1.807) is 0 Å². The van der Waals surface area contributed by atoms with Crippen molar-refractivity contribution in [1.82, 2.24) is 4.72 Å². The summed E-state index contributed by atoms with van der Waals surface area (Å²) in [6.45, 7) is -0.148. The Bertz CT molecular complexity index is 944. The standard InChI is InChI=1S/C18H17F3N2O3S/c1-23(2)17-8-4-3-6-14(17)7-5-13-22-27(24,25)16-11-9-15(10-12-16)26-18(19,20)21/h3-4,6,8-12,22H,13H2,1-2H3. The fourth-order valence-corrected chi connectivity index (χ4v) is 3.07. The maximum absolute atomic E-state index is 12.2. The lowest BCUT2D eigenvalue weighted by Gasteiger charge is -2.13. The monoisotopic (exact) mass is 398 g/mol. The molecule has 0 aliphatic heterocycles. The number of anilines is 1. The lowest BCUT2D eigenvalue weighted by molar-refractivity contribution is -0.274. The van der Waals surface area contributed by atoms with E-state index < -0.39 is 22.1 Å². The molecule has 0 fully saturated rings. The molecule has 9 heteroatoms. The Labute approximate surface area is 155 Å². The van der Waals surface area contributed by atoms with Crippen molar-refractivity contribution in [1.29, 1.82) is 0 Å². The van der Waals surface area contributed by atoms with E-state index in [9.17, 15) is 21.6 Å². The third-order valence-electron chi connectivity index (χ3n) is 3.33. The van der Waals surface area contributed by atoms with Crippen LogP contribution in [0.4, 0.5) is 18.9 Å². The van der Waals surface area contributed by atoms with Crippen molar-refractivity contribution >= 4 is 15.7 Å². The van der Waals surface area contributed by atoms with Gasteiger partial charge in [0.25, 0.3) is 0 Å². The molecule has 27 heavy (non-hydrogen) atoms. The van der Waals surface area contributed by atoms with Crippen LogP contribution < -0.4 is 14.4 Å². The summed E-state index contributed by atoms with van der Waals surface area (Å²) in [7, 11) is -0.161. The summed E-state index contributed by atoms with van der Waals surface area (Å²) in [5.41, 5.74) is 1.64. The Kier molecular flexibility index (Phi) is 6.36. The highest BCUT2D eigenvalue weighted by Gasteiger charge is 2.31. The predicted octanol–water partition coefficient (Wildman–Crippen LogP) is 2.98. The summed E-state index contributed by atoms with van der Waals surface area (Å²) in [4.78, 5) is 1.70. The summed E-state index contributed by atoms with van der Waals surface area (Å²) in [5, 5.41) is 0. The van der Waals surface area contributed by atoms with Gasteiger partial charge in [-0.1, -0.05) is 24.0 Å². The third-order valence-corrected chi connectivity index (χ3v) is 4.74. The first-order valence-corrected chi connectivity index (χ1v) is 9.17. The van der Waals surface area contributed by atoms with Crippen LogP contribution in [0.1, 0.15) is 5.56 Å². The Morgan fingerprint density at radius 1 is 1.07 bits per heavy atom. The normalized spacial score (nSPS) is 11.4. The fourth-order valence-electron chi connectivity index (χ4n) is 2.14. The van der Waals surface area contributed by atoms with E-state index in [2.05, 4.69) is 21.3 Å². The molecule has 0 saturated carbocycles. The first-order valence-electron chi connectivity index (χ1n) is 7.69. The number of hydrogen-bond acceptors (Lipinski definition) is 4. The second-order valence-corrected chi connectivity index (χ2v) is 7.32. The van der Waals surface area contributed by atoms with Gasteiger partial charge in [0.2, 0.25) is 10.0 Å². The molecule has 2 rings (SSSR count). The molecular formula is C18H17F3N2O3S. The van der Waals surface area contributed by atoms with Crippen molar-refractivity contribution in [3.8, 4) is 17.6 Å². The van der Waals surface area contributed by atoms with Crippen LogP contribution in [0.5, 0.6) is 5.75 Å². The molecule has 0 saturated heterocycles. The molecule has 0 bridgehead atoms. The van der Waals surface area contributed by atoms with Crippen LogP contribution in [0.2, 0.25) is 0 Å². The molecule has 1 N–H and O–H groups in total. The number of para-hydroxylation sites is 1. The van der Waals surface area contributed by atoms with Crippen LogP contribution in [0.3, 0.4) is 0 Å². The third kappa shape index (κ3) is 6.20. The second-order valence-electron chi connectivity index (χ2n) is 5.56. The maximum Gasteiger partial charge on any atom is 0.573 e. The Balaban J connectivity index is 2.04. The van der Waals surface area contributed by atoms with Crippen LogP contribution in [0.25, 0.3) is 0 Å². The van der Waals surface area contributed by atoms with Gasteiger partial charge in [-0.2, -0.15) is 4.72 Å². The Morgan fingerprint density at radius 3 is 2.30 bits per heavy atom. The van der Waals surface area contributed by atoms with E-state index in [1.165, 1.54) is 0 Å². The lowest BCUT2D eigenvalue weighted by atomic mass is 10.1. The lowest BCUT2D eigenvalue weighted by Crippen LogP contribution is -2.24. The molecule has 5 nitrogen and oxygen atoms in total. The number of nitrogens with one attached hydrogen (secondary N) is 1. The zero-order valence-electron chi connectivity index (χ0n) is 14.5. The van der Waals surface area contributed by atoms with Gasteiger partial charge in [0.05, 0.1) is 17.1 Å². The van der Waals surface area contributed by atoms with E-state index in [4.69, 9.17) is 0 Å². The molecule has 0 aliphatic carbocycles. The molecule has 2 aromatic carbocycles. The van der Waals surface area contributed by atoms with E-state index in [-0.39, 0.29) is 11.4 Å². The van der Waals surface area contributed by atoms with Gasteiger partial charge >= 0.3 is 6.36 Å². The van der Waals surface area contributed by atoms with Crippen molar-refractivity contribution in [2.24, 2.45) is 0 Å². The smallest absolute Gasteiger partial charge is 0.406 e. The predicted molar refractivity (Wildman–Crippen MR) is 96.0 cm³/mol. The van der Waals surface area contributed by atoms with Gasteiger partial charge in [-0.15, -0.1) is 13.2 Å². The van der Waals surface area contributed by atoms with Crippen molar-refractivity contribution in [3.63, 3.8) is 0 Å². The zero-order chi connectivity index (χ0) is 20.1. The van der Waals surface area contributed by atoms with Crippen LogP contribution in [-0.2, 0) is 10.0 Å². The van der Waals surface area contributed by atoms with Gasteiger partial charge in [-0.25, -0.2) is 8.42 Å². The maximum atomic E-state index is 12.2. The van der Waals surface area contributed by atoms with E-state index in [0.29, 0.717) is 0 Å². The number of nitrogens with zero attached hydrogens (tertiary/aromatic N) is 1. The molecule has 0 radical (unpaired) electrons. The average molecular weight is 398 g/mol. The first kappa shape index (κ1) is 20.6. The molecule has 2 aromatic rings.